The zero-order valence-corrected chi connectivity index (χ0v) is 11.7. The van der Waals surface area contributed by atoms with Crippen molar-refractivity contribution in [2.45, 2.75) is 16.8 Å². The first-order valence-electron chi connectivity index (χ1n) is 4.90. The lowest BCUT2D eigenvalue weighted by molar-refractivity contribution is 0.593. The molecular formula is C10H10ClN3O2S2. The monoisotopic (exact) mass is 303 g/mol. The van der Waals surface area contributed by atoms with Gasteiger partial charge in [0.25, 0.3) is 0 Å². The zero-order valence-electron chi connectivity index (χ0n) is 9.34. The van der Waals surface area contributed by atoms with Crippen molar-refractivity contribution in [1.82, 2.24) is 4.98 Å². The minimum atomic E-state index is -3.70. The number of aromatic nitrogens is 1. The number of benzene rings is 1. The number of nitrogens with two attached hydrogens (primary N) is 1. The topological polar surface area (TPSA) is 85.1 Å². The summed E-state index contributed by atoms with van der Waals surface area (Å²) in [6, 6.07) is 6.48. The number of hydrazine groups is 1. The second-order valence-electron chi connectivity index (χ2n) is 3.56. The second kappa shape index (κ2) is 4.85. The number of anilines is 1. The van der Waals surface area contributed by atoms with Gasteiger partial charge >= 0.3 is 0 Å². The fourth-order valence-electron chi connectivity index (χ4n) is 1.34. The van der Waals surface area contributed by atoms with Crippen LogP contribution in [0.25, 0.3) is 0 Å². The summed E-state index contributed by atoms with van der Waals surface area (Å²) in [4.78, 5) is 4.02. The molecule has 0 unspecified atom stereocenters. The Balaban J connectivity index is 2.54. The molecular weight excluding hydrogens is 294 g/mol. The van der Waals surface area contributed by atoms with E-state index in [-0.39, 0.29) is 19.4 Å². The van der Waals surface area contributed by atoms with Gasteiger partial charge < -0.3 is 0 Å². The molecule has 96 valence electrons. The number of nitrogens with zero attached hydrogens (tertiary/aromatic N) is 1. The van der Waals surface area contributed by atoms with E-state index in [9.17, 15) is 8.42 Å². The van der Waals surface area contributed by atoms with Crippen LogP contribution in [0.3, 0.4) is 0 Å². The van der Waals surface area contributed by atoms with Gasteiger partial charge in [-0.2, -0.15) is 0 Å². The number of thiazole rings is 1. The van der Waals surface area contributed by atoms with E-state index in [0.717, 1.165) is 16.9 Å². The third-order valence-electron chi connectivity index (χ3n) is 2.27. The van der Waals surface area contributed by atoms with Crippen LogP contribution in [0.2, 0.25) is 4.34 Å². The van der Waals surface area contributed by atoms with E-state index in [1.54, 1.807) is 12.1 Å². The van der Waals surface area contributed by atoms with Gasteiger partial charge in [-0.05, 0) is 19.1 Å². The maximum atomic E-state index is 12.3. The van der Waals surface area contributed by atoms with Gasteiger partial charge in [-0.25, -0.2) is 19.2 Å². The molecule has 2 aromatic rings. The molecule has 0 saturated heterocycles. The van der Waals surface area contributed by atoms with E-state index in [0.29, 0.717) is 0 Å². The van der Waals surface area contributed by atoms with Crippen LogP contribution < -0.4 is 11.3 Å². The molecule has 0 spiro atoms. The van der Waals surface area contributed by atoms with Crippen molar-refractivity contribution < 1.29 is 8.42 Å². The average molecular weight is 304 g/mol. The predicted octanol–water partition coefficient (Wildman–Crippen LogP) is 2.22. The number of hydrogen-bond acceptors (Lipinski definition) is 6. The van der Waals surface area contributed by atoms with E-state index in [4.69, 9.17) is 17.4 Å². The standard InChI is InChI=1S/C10H10ClN3O2S2/c1-6-2-4-7(5-3-6)18(15,16)9-8(11)17-10(13-9)14-12/h2-5H,12H2,1H3,(H,13,14). The van der Waals surface area contributed by atoms with Gasteiger partial charge in [0, 0.05) is 0 Å². The Bertz CT molecular complexity index is 665. The first kappa shape index (κ1) is 13.3. The number of nitrogens with one attached hydrogen (secondary N) is 1. The molecule has 1 aromatic heterocycles. The molecule has 0 amide bonds. The third-order valence-corrected chi connectivity index (χ3v) is 5.39. The van der Waals surface area contributed by atoms with Crippen molar-refractivity contribution in [2.24, 2.45) is 5.84 Å². The van der Waals surface area contributed by atoms with Crippen LogP contribution >= 0.6 is 22.9 Å². The SMILES string of the molecule is Cc1ccc(S(=O)(=O)c2nc(NN)sc2Cl)cc1. The molecule has 0 aliphatic rings. The highest BCUT2D eigenvalue weighted by atomic mass is 35.5. The Morgan fingerprint density at radius 2 is 1.94 bits per heavy atom. The average Bonchev–Trinajstić information content (AvgIpc) is 2.72. The maximum absolute atomic E-state index is 12.3. The maximum Gasteiger partial charge on any atom is 0.226 e. The van der Waals surface area contributed by atoms with Crippen LogP contribution in [0.5, 0.6) is 0 Å². The molecule has 0 bridgehead atoms. The molecule has 0 fully saturated rings. The van der Waals surface area contributed by atoms with E-state index >= 15 is 0 Å². The first-order valence-corrected chi connectivity index (χ1v) is 7.57. The van der Waals surface area contributed by atoms with Gasteiger partial charge in [0.2, 0.25) is 9.84 Å². The smallest absolute Gasteiger partial charge is 0.226 e. The summed E-state index contributed by atoms with van der Waals surface area (Å²) in [5.41, 5.74) is 3.25. The zero-order chi connectivity index (χ0) is 13.3. The molecule has 0 aliphatic carbocycles. The molecule has 0 radical (unpaired) electrons. The minimum absolute atomic E-state index is 0.0866. The molecule has 1 heterocycles. The highest BCUT2D eigenvalue weighted by Gasteiger charge is 2.25. The molecule has 1 aromatic carbocycles. The molecule has 0 atom stereocenters. The van der Waals surface area contributed by atoms with E-state index in [1.807, 2.05) is 6.92 Å². The summed E-state index contributed by atoms with van der Waals surface area (Å²) in [5, 5.41) is 0.0802. The summed E-state index contributed by atoms with van der Waals surface area (Å²) in [6.45, 7) is 1.88. The summed E-state index contributed by atoms with van der Waals surface area (Å²) in [7, 11) is -3.70. The summed E-state index contributed by atoms with van der Waals surface area (Å²) >= 11 is 6.85. The van der Waals surface area contributed by atoms with Crippen LogP contribution in [-0.4, -0.2) is 13.4 Å². The van der Waals surface area contributed by atoms with Crippen molar-refractivity contribution in [3.8, 4) is 0 Å². The molecule has 3 N–H and O–H groups in total. The molecule has 8 heteroatoms. The molecule has 0 aliphatic heterocycles. The van der Waals surface area contributed by atoms with Gasteiger partial charge in [0.1, 0.15) is 4.34 Å². The van der Waals surface area contributed by atoms with Crippen molar-refractivity contribution in [3.63, 3.8) is 0 Å². The van der Waals surface area contributed by atoms with Crippen LogP contribution in [0.15, 0.2) is 34.2 Å². The fourth-order valence-corrected chi connectivity index (χ4v) is 4.06. The van der Waals surface area contributed by atoms with Gasteiger partial charge in [-0.1, -0.05) is 40.6 Å². The van der Waals surface area contributed by atoms with Gasteiger partial charge in [0.05, 0.1) is 4.90 Å². The Labute approximate surface area is 114 Å². The number of halogens is 1. The predicted molar refractivity (Wildman–Crippen MR) is 71.6 cm³/mol. The van der Waals surface area contributed by atoms with Crippen LogP contribution in [0, 0.1) is 6.92 Å². The minimum Gasteiger partial charge on any atom is -0.300 e. The number of aryl methyl sites for hydroxylation is 1. The van der Waals surface area contributed by atoms with Gasteiger partial charge in [0.15, 0.2) is 10.2 Å². The molecule has 2 rings (SSSR count). The number of sulfone groups is 1. The Morgan fingerprint density at radius 3 is 2.44 bits per heavy atom. The number of nitrogen functional groups attached to an aromatic ring is 1. The normalized spacial score (nSPS) is 11.5. The van der Waals surface area contributed by atoms with Crippen molar-refractivity contribution in [3.05, 3.63) is 34.2 Å². The molecule has 0 saturated carbocycles. The summed E-state index contributed by atoms with van der Waals surface area (Å²) < 4.78 is 24.7. The lowest BCUT2D eigenvalue weighted by Crippen LogP contribution is -2.07. The van der Waals surface area contributed by atoms with E-state index in [2.05, 4.69) is 10.4 Å². The molecule has 5 nitrogen and oxygen atoms in total. The Hall–Kier alpha value is -1.15. The third kappa shape index (κ3) is 2.35. The summed E-state index contributed by atoms with van der Waals surface area (Å²) in [6.07, 6.45) is 0. The first-order chi connectivity index (χ1) is 8.45. The molecule has 18 heavy (non-hydrogen) atoms. The van der Waals surface area contributed by atoms with E-state index in [1.165, 1.54) is 12.1 Å². The van der Waals surface area contributed by atoms with Crippen molar-refractivity contribution >= 4 is 37.9 Å². The van der Waals surface area contributed by atoms with Gasteiger partial charge in [-0.15, -0.1) is 0 Å². The number of hydrogen-bond donors (Lipinski definition) is 2. The number of rotatable bonds is 3. The second-order valence-corrected chi connectivity index (χ2v) is 7.02. The van der Waals surface area contributed by atoms with E-state index < -0.39 is 9.84 Å². The Morgan fingerprint density at radius 1 is 1.33 bits per heavy atom. The quantitative estimate of drug-likeness (QED) is 0.671. The fraction of sp³-hybridized carbons (Fsp3) is 0.100. The highest BCUT2D eigenvalue weighted by molar-refractivity contribution is 7.91. The lowest BCUT2D eigenvalue weighted by Gasteiger charge is -2.02. The highest BCUT2D eigenvalue weighted by Crippen LogP contribution is 2.33. The van der Waals surface area contributed by atoms with Gasteiger partial charge in [-0.3, -0.25) is 5.43 Å². The Kier molecular flexibility index (Phi) is 3.58. The lowest BCUT2D eigenvalue weighted by atomic mass is 10.2. The van der Waals surface area contributed by atoms with Crippen LogP contribution in [-0.2, 0) is 9.84 Å². The largest absolute Gasteiger partial charge is 0.300 e. The summed E-state index contributed by atoms with van der Waals surface area (Å²) in [5.74, 6) is 5.18. The van der Waals surface area contributed by atoms with Crippen molar-refractivity contribution in [2.75, 3.05) is 5.43 Å². The van der Waals surface area contributed by atoms with Crippen LogP contribution in [0.4, 0.5) is 5.13 Å². The van der Waals surface area contributed by atoms with Crippen LogP contribution in [0.1, 0.15) is 5.56 Å². The van der Waals surface area contributed by atoms with Crippen molar-refractivity contribution in [1.29, 1.82) is 0 Å².